The van der Waals surface area contributed by atoms with Gasteiger partial charge < -0.3 is 9.67 Å². The fraction of sp³-hybridized carbons (Fsp3) is 0.308. The van der Waals surface area contributed by atoms with E-state index in [4.69, 9.17) is 5.11 Å². The van der Waals surface area contributed by atoms with Gasteiger partial charge in [-0.05, 0) is 31.0 Å². The quantitative estimate of drug-likeness (QED) is 0.858. The lowest BCUT2D eigenvalue weighted by Crippen LogP contribution is -2.09. The molecule has 2 rings (SSSR count). The number of halogens is 1. The third-order valence-corrected chi connectivity index (χ3v) is 3.90. The number of hydrogen-bond acceptors (Lipinski definition) is 4. The molecule has 0 fully saturated rings. The molecule has 0 radical (unpaired) electrons. The number of thioether (sulfide) groups is 1. The molecule has 1 aromatic heterocycles. The molecule has 0 spiro atoms. The largest absolute Gasteiger partial charge is 0.481 e. The normalized spacial score (nSPS) is 12.3. The highest BCUT2D eigenvalue weighted by Gasteiger charge is 2.15. The average Bonchev–Trinajstić information content (AvgIpc) is 2.87. The molecule has 0 saturated heterocycles. The van der Waals surface area contributed by atoms with E-state index in [2.05, 4.69) is 10.2 Å². The zero-order valence-electron chi connectivity index (χ0n) is 11.1. The van der Waals surface area contributed by atoms with E-state index in [9.17, 15) is 9.18 Å². The first-order chi connectivity index (χ1) is 9.49. The summed E-state index contributed by atoms with van der Waals surface area (Å²) >= 11 is 1.09. The Morgan fingerprint density at radius 1 is 1.55 bits per heavy atom. The van der Waals surface area contributed by atoms with Gasteiger partial charge in [0.05, 0.1) is 11.8 Å². The third kappa shape index (κ3) is 3.16. The van der Waals surface area contributed by atoms with Gasteiger partial charge in [0.2, 0.25) is 0 Å². The highest BCUT2D eigenvalue weighted by Crippen LogP contribution is 2.25. The number of aliphatic carboxylic acids is 1. The van der Waals surface area contributed by atoms with Crippen molar-refractivity contribution in [1.29, 1.82) is 0 Å². The topological polar surface area (TPSA) is 68.0 Å². The zero-order valence-corrected chi connectivity index (χ0v) is 11.9. The minimum Gasteiger partial charge on any atom is -0.481 e. The molecule has 0 aliphatic carbocycles. The van der Waals surface area contributed by atoms with E-state index in [1.54, 1.807) is 17.6 Å². The lowest BCUT2D eigenvalue weighted by molar-refractivity contribution is -0.133. The predicted octanol–water partition coefficient (Wildman–Crippen LogP) is 2.51. The molecule has 1 aromatic carbocycles. The van der Waals surface area contributed by atoms with Crippen LogP contribution in [-0.4, -0.2) is 31.6 Å². The molecule has 0 saturated carbocycles. The molecule has 7 heteroatoms. The molecule has 1 unspecified atom stereocenters. The van der Waals surface area contributed by atoms with E-state index in [0.717, 1.165) is 17.3 Å². The summed E-state index contributed by atoms with van der Waals surface area (Å²) in [5, 5.41) is 16.9. The van der Waals surface area contributed by atoms with Gasteiger partial charge in [0.15, 0.2) is 5.16 Å². The molecule has 1 N–H and O–H groups in total. The van der Waals surface area contributed by atoms with Gasteiger partial charge in [0.1, 0.15) is 12.1 Å². The number of aromatic nitrogens is 3. The van der Waals surface area contributed by atoms with Crippen LogP contribution in [0.15, 0.2) is 29.7 Å². The van der Waals surface area contributed by atoms with Crippen molar-refractivity contribution >= 4 is 17.7 Å². The van der Waals surface area contributed by atoms with E-state index in [-0.39, 0.29) is 17.6 Å². The number of rotatable bonds is 5. The lowest BCUT2D eigenvalue weighted by atomic mass is 10.1. The Labute approximate surface area is 119 Å². The van der Waals surface area contributed by atoms with Crippen molar-refractivity contribution in [3.05, 3.63) is 41.5 Å². The van der Waals surface area contributed by atoms with Crippen LogP contribution in [0.4, 0.5) is 4.39 Å². The smallest absolute Gasteiger partial charge is 0.313 e. The summed E-state index contributed by atoms with van der Waals surface area (Å²) in [4.78, 5) is 10.6. The summed E-state index contributed by atoms with van der Waals surface area (Å²) in [6.07, 6.45) is 1.52. The van der Waals surface area contributed by atoms with Crippen LogP contribution < -0.4 is 0 Å². The summed E-state index contributed by atoms with van der Waals surface area (Å²) < 4.78 is 15.3. The number of aryl methyl sites for hydroxylation is 1. The molecular formula is C13H14FN3O2S. The van der Waals surface area contributed by atoms with Crippen molar-refractivity contribution < 1.29 is 14.3 Å². The summed E-state index contributed by atoms with van der Waals surface area (Å²) in [5.41, 5.74) is 1.37. The lowest BCUT2D eigenvalue weighted by Gasteiger charge is -2.15. The summed E-state index contributed by atoms with van der Waals surface area (Å²) in [5.74, 6) is -1.27. The number of benzene rings is 1. The van der Waals surface area contributed by atoms with Gasteiger partial charge in [-0.1, -0.05) is 23.9 Å². The maximum absolute atomic E-state index is 13.6. The standard InChI is InChI=1S/C13H14FN3O2S/c1-8-3-4-10(5-11(8)14)9(2)17-7-15-16-13(17)20-6-12(18)19/h3-5,7,9H,6H2,1-2H3,(H,18,19). The second kappa shape index (κ2) is 6.04. The molecule has 0 amide bonds. The SMILES string of the molecule is Cc1ccc(C(C)n2cnnc2SCC(=O)O)cc1F. The van der Waals surface area contributed by atoms with Crippen LogP contribution in [0.1, 0.15) is 24.1 Å². The second-order valence-electron chi connectivity index (χ2n) is 4.39. The van der Waals surface area contributed by atoms with Gasteiger partial charge in [-0.2, -0.15) is 0 Å². The number of carbonyl (C=O) groups is 1. The summed E-state index contributed by atoms with van der Waals surface area (Å²) in [6.45, 7) is 3.59. The fourth-order valence-electron chi connectivity index (χ4n) is 1.76. The number of carboxylic acids is 1. The van der Waals surface area contributed by atoms with Crippen LogP contribution in [0.5, 0.6) is 0 Å². The summed E-state index contributed by atoms with van der Waals surface area (Å²) in [7, 11) is 0. The van der Waals surface area contributed by atoms with Gasteiger partial charge in [-0.15, -0.1) is 10.2 Å². The number of hydrogen-bond donors (Lipinski definition) is 1. The third-order valence-electron chi connectivity index (χ3n) is 2.96. The minimum atomic E-state index is -0.918. The summed E-state index contributed by atoms with van der Waals surface area (Å²) in [6, 6.07) is 4.87. The highest BCUT2D eigenvalue weighted by atomic mass is 32.2. The zero-order chi connectivity index (χ0) is 14.7. The molecule has 2 aromatic rings. The van der Waals surface area contributed by atoms with E-state index in [1.807, 2.05) is 13.0 Å². The first kappa shape index (κ1) is 14.5. The van der Waals surface area contributed by atoms with Crippen LogP contribution in [0, 0.1) is 12.7 Å². The Morgan fingerprint density at radius 3 is 2.95 bits per heavy atom. The monoisotopic (exact) mass is 295 g/mol. The van der Waals surface area contributed by atoms with Crippen molar-refractivity contribution in [2.45, 2.75) is 25.0 Å². The van der Waals surface area contributed by atoms with Crippen LogP contribution in [0.25, 0.3) is 0 Å². The molecule has 0 aliphatic rings. The van der Waals surface area contributed by atoms with Crippen molar-refractivity contribution in [2.24, 2.45) is 0 Å². The average molecular weight is 295 g/mol. The Bertz CT molecular complexity index is 630. The highest BCUT2D eigenvalue weighted by molar-refractivity contribution is 7.99. The molecule has 20 heavy (non-hydrogen) atoms. The first-order valence-electron chi connectivity index (χ1n) is 5.99. The van der Waals surface area contributed by atoms with Gasteiger partial charge in [-0.25, -0.2) is 4.39 Å². The van der Waals surface area contributed by atoms with Crippen LogP contribution >= 0.6 is 11.8 Å². The fourth-order valence-corrected chi connectivity index (χ4v) is 2.47. The van der Waals surface area contributed by atoms with E-state index in [1.165, 1.54) is 12.4 Å². The Kier molecular flexibility index (Phi) is 4.39. The molecular weight excluding hydrogens is 281 g/mol. The Morgan fingerprint density at radius 2 is 2.30 bits per heavy atom. The first-order valence-corrected chi connectivity index (χ1v) is 6.97. The van der Waals surface area contributed by atoms with Crippen molar-refractivity contribution in [3.63, 3.8) is 0 Å². The molecule has 5 nitrogen and oxygen atoms in total. The molecule has 0 aliphatic heterocycles. The molecule has 1 atom stereocenters. The van der Waals surface area contributed by atoms with Gasteiger partial charge >= 0.3 is 5.97 Å². The number of carboxylic acid groups (broad SMARTS) is 1. The van der Waals surface area contributed by atoms with Gasteiger partial charge in [0, 0.05) is 0 Å². The van der Waals surface area contributed by atoms with E-state index in [0.29, 0.717) is 10.7 Å². The van der Waals surface area contributed by atoms with E-state index >= 15 is 0 Å². The minimum absolute atomic E-state index is 0.0896. The Hall–Kier alpha value is -1.89. The predicted molar refractivity (Wildman–Crippen MR) is 73.3 cm³/mol. The van der Waals surface area contributed by atoms with Crippen LogP contribution in [0.2, 0.25) is 0 Å². The Balaban J connectivity index is 2.24. The maximum atomic E-state index is 13.6. The van der Waals surface area contributed by atoms with Crippen molar-refractivity contribution in [2.75, 3.05) is 5.75 Å². The van der Waals surface area contributed by atoms with Crippen molar-refractivity contribution in [1.82, 2.24) is 14.8 Å². The van der Waals surface area contributed by atoms with Gasteiger partial charge in [-0.3, -0.25) is 4.79 Å². The second-order valence-corrected chi connectivity index (χ2v) is 5.33. The molecule has 106 valence electrons. The number of nitrogens with zero attached hydrogens (tertiary/aromatic N) is 3. The van der Waals surface area contributed by atoms with E-state index < -0.39 is 5.97 Å². The van der Waals surface area contributed by atoms with Gasteiger partial charge in [0.25, 0.3) is 0 Å². The molecule has 1 heterocycles. The van der Waals surface area contributed by atoms with Crippen molar-refractivity contribution in [3.8, 4) is 0 Å². The maximum Gasteiger partial charge on any atom is 0.313 e. The van der Waals surface area contributed by atoms with Crippen LogP contribution in [0.3, 0.4) is 0 Å². The van der Waals surface area contributed by atoms with Crippen LogP contribution in [-0.2, 0) is 4.79 Å². The molecule has 0 bridgehead atoms.